The third-order valence-corrected chi connectivity index (χ3v) is 8.94. The van der Waals surface area contributed by atoms with Crippen molar-refractivity contribution in [1.82, 2.24) is 9.47 Å². The molecule has 2 aromatic heterocycles. The maximum atomic E-state index is 14.1. The lowest BCUT2D eigenvalue weighted by molar-refractivity contribution is 0.194. The summed E-state index contributed by atoms with van der Waals surface area (Å²) in [6.45, 7) is 4.73. The molecule has 2 aliphatic rings. The lowest BCUT2D eigenvalue weighted by atomic mass is 9.95. The molecule has 0 saturated heterocycles. The molecule has 184 valence electrons. The van der Waals surface area contributed by atoms with E-state index in [1.54, 1.807) is 7.11 Å². The number of nitrogens with zero attached hydrogens (tertiary/aromatic N) is 2. The molecule has 1 atom stereocenters. The summed E-state index contributed by atoms with van der Waals surface area (Å²) in [5, 5.41) is 4.47. The fourth-order valence-corrected chi connectivity index (χ4v) is 6.97. The lowest BCUT2D eigenvalue weighted by Gasteiger charge is -2.31. The molecule has 0 radical (unpaired) electrons. The zero-order chi connectivity index (χ0) is 24.8. The summed E-state index contributed by atoms with van der Waals surface area (Å²) in [6.07, 6.45) is 6.83. The highest BCUT2D eigenvalue weighted by molar-refractivity contribution is 7.15. The number of fused-ring (bicyclic) bond motifs is 5. The molecule has 5 nitrogen and oxygen atoms in total. The fraction of sp³-hybridized carbons (Fsp3) is 0.300. The van der Waals surface area contributed by atoms with Gasteiger partial charge < -0.3 is 19.5 Å². The van der Waals surface area contributed by atoms with Crippen molar-refractivity contribution in [3.8, 4) is 10.8 Å². The standard InChI is InChI=1S/C30H31N3O2S/c1-19-13-14-22(16-20(19)2)31-30(34)33-18-25-24-10-4-5-12-27(24)36-29(25)32-15-7-11-26(32)28(33)21-8-6-9-23(17-21)35-3/h6-9,11,13-17,28H,4-5,10,12,18H2,1-3H3,(H,31,34)/t28-/m1/s1. The van der Waals surface area contributed by atoms with Crippen molar-refractivity contribution in [2.45, 2.75) is 52.1 Å². The van der Waals surface area contributed by atoms with E-state index in [1.807, 2.05) is 46.6 Å². The molecule has 6 heteroatoms. The van der Waals surface area contributed by atoms with E-state index in [0.29, 0.717) is 6.54 Å². The first-order valence-electron chi connectivity index (χ1n) is 12.6. The van der Waals surface area contributed by atoms with Gasteiger partial charge >= 0.3 is 6.03 Å². The van der Waals surface area contributed by atoms with Crippen LogP contribution < -0.4 is 10.1 Å². The van der Waals surface area contributed by atoms with Gasteiger partial charge in [-0.15, -0.1) is 11.3 Å². The molecular weight excluding hydrogens is 466 g/mol. The monoisotopic (exact) mass is 497 g/mol. The molecule has 3 heterocycles. The number of anilines is 1. The summed E-state index contributed by atoms with van der Waals surface area (Å²) in [4.78, 5) is 17.6. The normalized spacial score (nSPS) is 16.5. The molecule has 0 saturated carbocycles. The summed E-state index contributed by atoms with van der Waals surface area (Å²) >= 11 is 1.90. The Morgan fingerprint density at radius 1 is 1.00 bits per heavy atom. The summed E-state index contributed by atoms with van der Waals surface area (Å²) in [7, 11) is 1.68. The number of benzene rings is 2. The third-order valence-electron chi connectivity index (χ3n) is 7.61. The number of methoxy groups -OCH3 is 1. The molecule has 2 amide bonds. The smallest absolute Gasteiger partial charge is 0.322 e. The van der Waals surface area contributed by atoms with Crippen LogP contribution in [-0.2, 0) is 19.4 Å². The number of carbonyl (C=O) groups excluding carboxylic acids is 1. The van der Waals surface area contributed by atoms with E-state index in [4.69, 9.17) is 4.74 Å². The van der Waals surface area contributed by atoms with Gasteiger partial charge in [-0.2, -0.15) is 0 Å². The van der Waals surface area contributed by atoms with Crippen LogP contribution in [0.3, 0.4) is 0 Å². The van der Waals surface area contributed by atoms with Crippen LogP contribution in [0, 0.1) is 13.8 Å². The van der Waals surface area contributed by atoms with E-state index in [-0.39, 0.29) is 12.1 Å². The molecule has 1 N–H and O–H groups in total. The number of carbonyl (C=O) groups is 1. The summed E-state index contributed by atoms with van der Waals surface area (Å²) in [5.74, 6) is 0.788. The number of aromatic nitrogens is 1. The second-order valence-electron chi connectivity index (χ2n) is 9.83. The van der Waals surface area contributed by atoms with Crippen LogP contribution in [0.25, 0.3) is 5.00 Å². The van der Waals surface area contributed by atoms with Gasteiger partial charge in [0.25, 0.3) is 0 Å². The van der Waals surface area contributed by atoms with Crippen molar-refractivity contribution >= 4 is 23.1 Å². The van der Waals surface area contributed by atoms with Crippen LogP contribution in [0.1, 0.15) is 57.3 Å². The third kappa shape index (κ3) is 3.90. The number of amides is 2. The molecule has 4 aromatic rings. The Labute approximate surface area is 216 Å². The summed E-state index contributed by atoms with van der Waals surface area (Å²) in [5.41, 5.74) is 8.08. The van der Waals surface area contributed by atoms with Crippen LogP contribution in [0.2, 0.25) is 0 Å². The van der Waals surface area contributed by atoms with Crippen molar-refractivity contribution in [3.63, 3.8) is 0 Å². The van der Waals surface area contributed by atoms with Gasteiger partial charge in [-0.25, -0.2) is 4.79 Å². The zero-order valence-corrected chi connectivity index (χ0v) is 21.8. The van der Waals surface area contributed by atoms with E-state index in [2.05, 4.69) is 54.2 Å². The first-order chi connectivity index (χ1) is 17.5. The van der Waals surface area contributed by atoms with Gasteiger partial charge in [-0.1, -0.05) is 18.2 Å². The highest BCUT2D eigenvalue weighted by Gasteiger charge is 2.36. The van der Waals surface area contributed by atoms with Gasteiger partial charge in [0.1, 0.15) is 10.8 Å². The van der Waals surface area contributed by atoms with E-state index in [1.165, 1.54) is 39.4 Å². The quantitative estimate of drug-likeness (QED) is 0.326. The van der Waals surface area contributed by atoms with Crippen LogP contribution in [0.15, 0.2) is 60.8 Å². The van der Waals surface area contributed by atoms with Crippen LogP contribution in [-0.4, -0.2) is 22.6 Å². The Morgan fingerprint density at radius 2 is 1.86 bits per heavy atom. The molecule has 2 aromatic carbocycles. The number of hydrogen-bond donors (Lipinski definition) is 1. The molecule has 0 spiro atoms. The molecule has 36 heavy (non-hydrogen) atoms. The van der Waals surface area contributed by atoms with E-state index >= 15 is 0 Å². The number of rotatable bonds is 3. The van der Waals surface area contributed by atoms with Crippen LogP contribution in [0.4, 0.5) is 10.5 Å². The number of nitrogens with one attached hydrogen (secondary N) is 1. The van der Waals surface area contributed by atoms with Crippen molar-refractivity contribution in [3.05, 3.63) is 99.2 Å². The molecule has 0 fully saturated rings. The second-order valence-corrected chi connectivity index (χ2v) is 10.9. The zero-order valence-electron chi connectivity index (χ0n) is 21.0. The Kier molecular flexibility index (Phi) is 5.84. The largest absolute Gasteiger partial charge is 0.497 e. The van der Waals surface area contributed by atoms with Gasteiger partial charge in [0, 0.05) is 22.3 Å². The van der Waals surface area contributed by atoms with Crippen molar-refractivity contribution in [2.24, 2.45) is 0 Å². The van der Waals surface area contributed by atoms with Crippen molar-refractivity contribution in [1.29, 1.82) is 0 Å². The first kappa shape index (κ1) is 22.9. The fourth-order valence-electron chi connectivity index (χ4n) is 5.56. The van der Waals surface area contributed by atoms with Gasteiger partial charge in [0.15, 0.2) is 0 Å². The van der Waals surface area contributed by atoms with E-state index < -0.39 is 0 Å². The lowest BCUT2D eigenvalue weighted by Crippen LogP contribution is -2.38. The molecule has 0 bridgehead atoms. The highest BCUT2D eigenvalue weighted by atomic mass is 32.1. The Morgan fingerprint density at radius 3 is 2.69 bits per heavy atom. The predicted octanol–water partition coefficient (Wildman–Crippen LogP) is 7.18. The predicted molar refractivity (Wildman–Crippen MR) is 146 cm³/mol. The van der Waals surface area contributed by atoms with Crippen LogP contribution in [0.5, 0.6) is 5.75 Å². The Hall–Kier alpha value is -3.51. The number of ether oxygens (including phenoxy) is 1. The van der Waals surface area contributed by atoms with Crippen molar-refractivity contribution in [2.75, 3.05) is 12.4 Å². The maximum Gasteiger partial charge on any atom is 0.322 e. The SMILES string of the molecule is COc1cccc([C@@H]2c3cccn3-c3sc4c(c3CN2C(=O)Nc2ccc(C)c(C)c2)CCCC4)c1. The van der Waals surface area contributed by atoms with E-state index in [0.717, 1.165) is 41.1 Å². The minimum atomic E-state index is -0.250. The molecule has 1 aliphatic heterocycles. The Balaban J connectivity index is 1.49. The average Bonchev–Trinajstić information content (AvgIpc) is 3.48. The van der Waals surface area contributed by atoms with Crippen LogP contribution >= 0.6 is 11.3 Å². The van der Waals surface area contributed by atoms with Gasteiger partial charge in [0.05, 0.1) is 25.4 Å². The average molecular weight is 498 g/mol. The van der Waals surface area contributed by atoms with Crippen molar-refractivity contribution < 1.29 is 9.53 Å². The van der Waals surface area contributed by atoms with Gasteiger partial charge in [-0.3, -0.25) is 0 Å². The first-order valence-corrected chi connectivity index (χ1v) is 13.4. The summed E-state index contributed by atoms with van der Waals surface area (Å²) < 4.78 is 7.87. The minimum absolute atomic E-state index is 0.0950. The molecule has 0 unspecified atom stereocenters. The second kappa shape index (κ2) is 9.17. The number of urea groups is 1. The maximum absolute atomic E-state index is 14.1. The Bertz CT molecular complexity index is 1450. The van der Waals surface area contributed by atoms with Gasteiger partial charge in [-0.05, 0) is 98.2 Å². The number of hydrogen-bond acceptors (Lipinski definition) is 3. The molecular formula is C30H31N3O2S. The highest BCUT2D eigenvalue weighted by Crippen LogP contribution is 2.44. The minimum Gasteiger partial charge on any atom is -0.497 e. The van der Waals surface area contributed by atoms with Gasteiger partial charge in [0.2, 0.25) is 0 Å². The topological polar surface area (TPSA) is 46.5 Å². The van der Waals surface area contributed by atoms with E-state index in [9.17, 15) is 4.79 Å². The number of thiophene rings is 1. The summed E-state index contributed by atoms with van der Waals surface area (Å²) in [6, 6.07) is 18.1. The molecule has 6 rings (SSSR count). The number of aryl methyl sites for hydroxylation is 3. The molecule has 1 aliphatic carbocycles.